The van der Waals surface area contributed by atoms with Gasteiger partial charge < -0.3 is 5.32 Å². The van der Waals surface area contributed by atoms with Crippen molar-refractivity contribution < 1.29 is 4.39 Å². The number of halogens is 4. The minimum atomic E-state index is -0.309. The number of hydrogen-bond donors (Lipinski definition) is 1. The first kappa shape index (κ1) is 13.4. The van der Waals surface area contributed by atoms with Crippen LogP contribution in [-0.2, 0) is 0 Å². The third kappa shape index (κ3) is 2.69. The molecule has 0 fully saturated rings. The highest BCUT2D eigenvalue weighted by molar-refractivity contribution is 6.43. The van der Waals surface area contributed by atoms with Crippen LogP contribution in [0.1, 0.15) is 5.56 Å². The Labute approximate surface area is 119 Å². The molecule has 2 rings (SSSR count). The summed E-state index contributed by atoms with van der Waals surface area (Å²) in [7, 11) is 0. The summed E-state index contributed by atoms with van der Waals surface area (Å²) < 4.78 is 13.4. The summed E-state index contributed by atoms with van der Waals surface area (Å²) in [6.07, 6.45) is 0. The zero-order valence-corrected chi connectivity index (χ0v) is 11.5. The smallest absolute Gasteiger partial charge is 0.151 e. The standard InChI is InChI=1S/C12H8Cl3FN2/c1-6-9(16)3-2-4-10(6)17-12-8(14)5-7(13)11(15)18-12/h2-5H,1H3,(H,17,18). The van der Waals surface area contributed by atoms with Crippen molar-refractivity contribution in [2.75, 3.05) is 5.32 Å². The van der Waals surface area contributed by atoms with E-state index in [4.69, 9.17) is 34.8 Å². The third-order valence-corrected chi connectivity index (χ3v) is 3.37. The lowest BCUT2D eigenvalue weighted by molar-refractivity contribution is 0.619. The van der Waals surface area contributed by atoms with E-state index in [-0.39, 0.29) is 16.0 Å². The molecule has 1 N–H and O–H groups in total. The van der Waals surface area contributed by atoms with Crippen molar-refractivity contribution >= 4 is 46.3 Å². The zero-order chi connectivity index (χ0) is 13.3. The third-order valence-electron chi connectivity index (χ3n) is 2.41. The molecule has 94 valence electrons. The van der Waals surface area contributed by atoms with Crippen LogP contribution in [0.15, 0.2) is 24.3 Å². The summed E-state index contributed by atoms with van der Waals surface area (Å²) >= 11 is 17.6. The highest BCUT2D eigenvalue weighted by atomic mass is 35.5. The van der Waals surface area contributed by atoms with E-state index < -0.39 is 0 Å². The highest BCUT2D eigenvalue weighted by Crippen LogP contribution is 2.31. The summed E-state index contributed by atoms with van der Waals surface area (Å²) in [6, 6.07) is 6.18. The predicted octanol–water partition coefficient (Wildman–Crippen LogP) is 5.23. The molecule has 1 heterocycles. The van der Waals surface area contributed by atoms with Crippen LogP contribution in [0, 0.1) is 12.7 Å². The van der Waals surface area contributed by atoms with E-state index in [9.17, 15) is 4.39 Å². The molecule has 0 spiro atoms. The molecule has 2 nitrogen and oxygen atoms in total. The maximum Gasteiger partial charge on any atom is 0.151 e. The number of hydrogen-bond acceptors (Lipinski definition) is 2. The van der Waals surface area contributed by atoms with Crippen molar-refractivity contribution in [2.45, 2.75) is 6.92 Å². The van der Waals surface area contributed by atoms with Crippen molar-refractivity contribution in [3.05, 3.63) is 50.8 Å². The summed E-state index contributed by atoms with van der Waals surface area (Å²) in [6.45, 7) is 1.66. The van der Waals surface area contributed by atoms with Crippen LogP contribution in [0.3, 0.4) is 0 Å². The molecule has 0 bridgehead atoms. The van der Waals surface area contributed by atoms with Gasteiger partial charge in [0.2, 0.25) is 0 Å². The van der Waals surface area contributed by atoms with Crippen molar-refractivity contribution in [1.29, 1.82) is 0 Å². The van der Waals surface area contributed by atoms with E-state index in [0.717, 1.165) is 0 Å². The van der Waals surface area contributed by atoms with Crippen LogP contribution in [0.4, 0.5) is 15.9 Å². The molecule has 18 heavy (non-hydrogen) atoms. The number of nitrogens with one attached hydrogen (secondary N) is 1. The Balaban J connectivity index is 2.40. The van der Waals surface area contributed by atoms with Crippen LogP contribution in [0.5, 0.6) is 0 Å². The minimum absolute atomic E-state index is 0.137. The SMILES string of the molecule is Cc1c(F)cccc1Nc1nc(Cl)c(Cl)cc1Cl. The number of benzene rings is 1. The highest BCUT2D eigenvalue weighted by Gasteiger charge is 2.10. The van der Waals surface area contributed by atoms with Crippen LogP contribution in [-0.4, -0.2) is 4.98 Å². The molecule has 0 aliphatic rings. The molecule has 0 saturated carbocycles. The summed E-state index contributed by atoms with van der Waals surface area (Å²) in [5.74, 6) is 0.0240. The van der Waals surface area contributed by atoms with Gasteiger partial charge in [0.15, 0.2) is 5.82 Å². The monoisotopic (exact) mass is 304 g/mol. The van der Waals surface area contributed by atoms with E-state index in [2.05, 4.69) is 10.3 Å². The van der Waals surface area contributed by atoms with Gasteiger partial charge in [0.1, 0.15) is 11.0 Å². The van der Waals surface area contributed by atoms with Crippen molar-refractivity contribution in [1.82, 2.24) is 4.98 Å². The summed E-state index contributed by atoms with van der Waals surface area (Å²) in [5.41, 5.74) is 1.05. The van der Waals surface area contributed by atoms with E-state index >= 15 is 0 Å². The van der Waals surface area contributed by atoms with Gasteiger partial charge in [-0.25, -0.2) is 9.37 Å². The number of pyridine rings is 1. The first-order valence-electron chi connectivity index (χ1n) is 5.02. The Morgan fingerprint density at radius 3 is 2.61 bits per heavy atom. The van der Waals surface area contributed by atoms with Gasteiger partial charge in [-0.1, -0.05) is 40.9 Å². The number of rotatable bonds is 2. The fraction of sp³-hybridized carbons (Fsp3) is 0.0833. The Morgan fingerprint density at radius 2 is 1.89 bits per heavy atom. The molecular weight excluding hydrogens is 298 g/mol. The average Bonchev–Trinajstić information content (AvgIpc) is 2.32. The molecule has 0 aliphatic heterocycles. The van der Waals surface area contributed by atoms with Gasteiger partial charge in [-0.2, -0.15) is 0 Å². The fourth-order valence-electron chi connectivity index (χ4n) is 1.40. The molecule has 1 aromatic carbocycles. The number of aromatic nitrogens is 1. The van der Waals surface area contributed by atoms with Gasteiger partial charge in [0.25, 0.3) is 0 Å². The average molecular weight is 306 g/mol. The van der Waals surface area contributed by atoms with Crippen molar-refractivity contribution in [3.63, 3.8) is 0 Å². The Morgan fingerprint density at radius 1 is 1.17 bits per heavy atom. The van der Waals surface area contributed by atoms with E-state index in [1.165, 1.54) is 12.1 Å². The first-order chi connectivity index (χ1) is 8.49. The molecule has 6 heteroatoms. The Hall–Kier alpha value is -1.03. The lowest BCUT2D eigenvalue weighted by atomic mass is 10.2. The van der Waals surface area contributed by atoms with Crippen LogP contribution in [0.25, 0.3) is 0 Å². The van der Waals surface area contributed by atoms with Crippen LogP contribution in [0.2, 0.25) is 15.2 Å². The van der Waals surface area contributed by atoms with Gasteiger partial charge in [-0.05, 0) is 25.1 Å². The normalized spacial score (nSPS) is 10.5. The number of anilines is 2. The molecule has 0 aliphatic carbocycles. The second-order valence-corrected chi connectivity index (χ2v) is 4.80. The lowest BCUT2D eigenvalue weighted by Crippen LogP contribution is -1.98. The van der Waals surface area contributed by atoms with Crippen molar-refractivity contribution in [2.24, 2.45) is 0 Å². The zero-order valence-electron chi connectivity index (χ0n) is 9.27. The topological polar surface area (TPSA) is 24.9 Å². The molecule has 0 unspecified atom stereocenters. The maximum absolute atomic E-state index is 13.4. The molecule has 1 aromatic heterocycles. The molecular formula is C12H8Cl3FN2. The summed E-state index contributed by atoms with van der Waals surface area (Å²) in [5, 5.41) is 3.64. The molecule has 0 radical (unpaired) electrons. The van der Waals surface area contributed by atoms with E-state index in [1.54, 1.807) is 19.1 Å². The number of nitrogens with zero attached hydrogens (tertiary/aromatic N) is 1. The van der Waals surface area contributed by atoms with Crippen molar-refractivity contribution in [3.8, 4) is 0 Å². The quantitative estimate of drug-likeness (QED) is 0.768. The first-order valence-corrected chi connectivity index (χ1v) is 6.16. The van der Waals surface area contributed by atoms with E-state index in [0.29, 0.717) is 22.1 Å². The second kappa shape index (κ2) is 5.31. The van der Waals surface area contributed by atoms with E-state index in [1.807, 2.05) is 0 Å². The Kier molecular flexibility index (Phi) is 3.95. The van der Waals surface area contributed by atoms with Gasteiger partial charge in [-0.15, -0.1) is 0 Å². The van der Waals surface area contributed by atoms with Gasteiger partial charge in [0.05, 0.1) is 10.0 Å². The van der Waals surface area contributed by atoms with Crippen LogP contribution < -0.4 is 5.32 Å². The predicted molar refractivity (Wildman–Crippen MR) is 73.7 cm³/mol. The maximum atomic E-state index is 13.4. The molecule has 0 atom stereocenters. The fourth-order valence-corrected chi connectivity index (χ4v) is 1.95. The largest absolute Gasteiger partial charge is 0.339 e. The molecule has 0 amide bonds. The van der Waals surface area contributed by atoms with Gasteiger partial charge in [-0.3, -0.25) is 0 Å². The van der Waals surface area contributed by atoms with Crippen LogP contribution >= 0.6 is 34.8 Å². The van der Waals surface area contributed by atoms with Gasteiger partial charge >= 0.3 is 0 Å². The summed E-state index contributed by atoms with van der Waals surface area (Å²) in [4.78, 5) is 4.01. The lowest BCUT2D eigenvalue weighted by Gasteiger charge is -2.11. The van der Waals surface area contributed by atoms with Gasteiger partial charge in [0, 0.05) is 11.3 Å². The molecule has 2 aromatic rings. The molecule has 0 saturated heterocycles. The Bertz CT molecular complexity index is 602. The minimum Gasteiger partial charge on any atom is -0.339 e. The second-order valence-electron chi connectivity index (χ2n) is 3.63.